The molecule has 0 saturated heterocycles. The Kier molecular flexibility index (Phi) is 3.82. The first-order valence-electron chi connectivity index (χ1n) is 4.72. The van der Waals surface area contributed by atoms with Crippen LogP contribution in [0.1, 0.15) is 29.2 Å². The Bertz CT molecular complexity index is 363. The Morgan fingerprint density at radius 1 is 1.53 bits per heavy atom. The molecule has 4 nitrogen and oxygen atoms in total. The Morgan fingerprint density at radius 2 is 2.20 bits per heavy atom. The monoisotopic (exact) mass is 209 g/mol. The van der Waals surface area contributed by atoms with Gasteiger partial charge >= 0.3 is 5.97 Å². The van der Waals surface area contributed by atoms with Gasteiger partial charge in [0.2, 0.25) is 0 Å². The third kappa shape index (κ3) is 3.04. The number of hydrogen-bond acceptors (Lipinski definition) is 3. The van der Waals surface area contributed by atoms with E-state index in [1.165, 1.54) is 0 Å². The molecular weight excluding hydrogens is 194 g/mol. The summed E-state index contributed by atoms with van der Waals surface area (Å²) in [6.07, 6.45) is -0.101. The van der Waals surface area contributed by atoms with Gasteiger partial charge in [0.1, 0.15) is 0 Å². The fourth-order valence-electron chi connectivity index (χ4n) is 1.49. The largest absolute Gasteiger partial charge is 0.481 e. The molecule has 0 radical (unpaired) electrons. The number of carboxylic acid groups (broad SMARTS) is 1. The van der Waals surface area contributed by atoms with Crippen LogP contribution in [0.4, 0.5) is 0 Å². The Balaban J connectivity index is 2.95. The van der Waals surface area contributed by atoms with Gasteiger partial charge in [0.15, 0.2) is 0 Å². The highest BCUT2D eigenvalue weighted by atomic mass is 16.4. The third-order valence-electron chi connectivity index (χ3n) is 2.32. The standard InChI is InChI=1S/C11H15NO3/c1-7-2-3-8(6-13)4-9(7)10(12)5-11(14)15/h2-4,10,13H,5-6,12H2,1H3,(H,14,15). The van der Waals surface area contributed by atoms with Gasteiger partial charge in [0.25, 0.3) is 0 Å². The fraction of sp³-hybridized carbons (Fsp3) is 0.364. The van der Waals surface area contributed by atoms with Crippen molar-refractivity contribution < 1.29 is 15.0 Å². The van der Waals surface area contributed by atoms with E-state index < -0.39 is 12.0 Å². The molecule has 0 fully saturated rings. The number of carbonyl (C=O) groups is 1. The van der Waals surface area contributed by atoms with E-state index in [-0.39, 0.29) is 13.0 Å². The first-order valence-corrected chi connectivity index (χ1v) is 4.72. The molecule has 0 aliphatic heterocycles. The van der Waals surface area contributed by atoms with Crippen LogP contribution in [-0.2, 0) is 11.4 Å². The van der Waals surface area contributed by atoms with Gasteiger partial charge in [-0.3, -0.25) is 4.79 Å². The predicted octanol–water partition coefficient (Wildman–Crippen LogP) is 0.962. The van der Waals surface area contributed by atoms with Crippen LogP contribution in [0.15, 0.2) is 18.2 Å². The maximum Gasteiger partial charge on any atom is 0.305 e. The number of aliphatic hydroxyl groups is 1. The normalized spacial score (nSPS) is 12.5. The molecule has 0 amide bonds. The fourth-order valence-corrected chi connectivity index (χ4v) is 1.49. The van der Waals surface area contributed by atoms with Crippen LogP contribution in [0.3, 0.4) is 0 Å². The number of rotatable bonds is 4. The van der Waals surface area contributed by atoms with Gasteiger partial charge in [-0.15, -0.1) is 0 Å². The second-order valence-corrected chi connectivity index (χ2v) is 3.55. The topological polar surface area (TPSA) is 83.5 Å². The van der Waals surface area contributed by atoms with Gasteiger partial charge in [-0.05, 0) is 23.6 Å². The average Bonchev–Trinajstić information content (AvgIpc) is 2.17. The van der Waals surface area contributed by atoms with E-state index in [9.17, 15) is 4.79 Å². The molecule has 82 valence electrons. The van der Waals surface area contributed by atoms with E-state index in [1.807, 2.05) is 13.0 Å². The van der Waals surface area contributed by atoms with Crippen LogP contribution in [0, 0.1) is 6.92 Å². The summed E-state index contributed by atoms with van der Waals surface area (Å²) in [7, 11) is 0. The van der Waals surface area contributed by atoms with Crippen molar-refractivity contribution in [3.63, 3.8) is 0 Å². The number of aliphatic carboxylic acids is 1. The summed E-state index contributed by atoms with van der Waals surface area (Å²) in [6.45, 7) is 1.81. The second kappa shape index (κ2) is 4.91. The molecule has 1 atom stereocenters. The molecule has 1 aromatic rings. The van der Waals surface area contributed by atoms with E-state index in [0.29, 0.717) is 0 Å². The molecule has 0 heterocycles. The van der Waals surface area contributed by atoms with Crippen LogP contribution >= 0.6 is 0 Å². The summed E-state index contributed by atoms with van der Waals surface area (Å²) >= 11 is 0. The zero-order valence-electron chi connectivity index (χ0n) is 8.60. The molecule has 4 heteroatoms. The molecule has 15 heavy (non-hydrogen) atoms. The maximum absolute atomic E-state index is 10.5. The van der Waals surface area contributed by atoms with Gasteiger partial charge in [-0.2, -0.15) is 0 Å². The van der Waals surface area contributed by atoms with Crippen molar-refractivity contribution in [1.29, 1.82) is 0 Å². The van der Waals surface area contributed by atoms with E-state index in [1.54, 1.807) is 12.1 Å². The number of carboxylic acids is 1. The summed E-state index contributed by atoms with van der Waals surface area (Å²) < 4.78 is 0. The van der Waals surface area contributed by atoms with Crippen molar-refractivity contribution >= 4 is 5.97 Å². The van der Waals surface area contributed by atoms with E-state index >= 15 is 0 Å². The minimum Gasteiger partial charge on any atom is -0.481 e. The van der Waals surface area contributed by atoms with Gasteiger partial charge < -0.3 is 15.9 Å². The molecule has 1 aromatic carbocycles. The number of benzene rings is 1. The zero-order valence-corrected chi connectivity index (χ0v) is 8.60. The van der Waals surface area contributed by atoms with Crippen molar-refractivity contribution in [2.24, 2.45) is 5.73 Å². The molecule has 0 saturated carbocycles. The lowest BCUT2D eigenvalue weighted by Crippen LogP contribution is -2.16. The summed E-state index contributed by atoms with van der Waals surface area (Å²) in [5.74, 6) is -0.920. The summed E-state index contributed by atoms with van der Waals surface area (Å²) in [5, 5.41) is 17.6. The highest BCUT2D eigenvalue weighted by Gasteiger charge is 2.13. The number of hydrogen-bond donors (Lipinski definition) is 3. The second-order valence-electron chi connectivity index (χ2n) is 3.55. The van der Waals surface area contributed by atoms with Gasteiger partial charge in [-0.25, -0.2) is 0 Å². The third-order valence-corrected chi connectivity index (χ3v) is 2.32. The Hall–Kier alpha value is -1.39. The van der Waals surface area contributed by atoms with Crippen molar-refractivity contribution in [2.45, 2.75) is 26.0 Å². The highest BCUT2D eigenvalue weighted by Crippen LogP contribution is 2.20. The van der Waals surface area contributed by atoms with Gasteiger partial charge in [0, 0.05) is 6.04 Å². The first-order chi connectivity index (χ1) is 7.04. The number of nitrogens with two attached hydrogens (primary N) is 1. The number of aryl methyl sites for hydroxylation is 1. The maximum atomic E-state index is 10.5. The zero-order chi connectivity index (χ0) is 11.4. The number of aliphatic hydroxyl groups excluding tert-OH is 1. The van der Waals surface area contributed by atoms with Gasteiger partial charge in [0.05, 0.1) is 13.0 Å². The van der Waals surface area contributed by atoms with Crippen LogP contribution in [0.2, 0.25) is 0 Å². The van der Waals surface area contributed by atoms with E-state index in [0.717, 1.165) is 16.7 Å². The van der Waals surface area contributed by atoms with E-state index in [2.05, 4.69) is 0 Å². The molecule has 0 spiro atoms. The van der Waals surface area contributed by atoms with Crippen LogP contribution in [-0.4, -0.2) is 16.2 Å². The lowest BCUT2D eigenvalue weighted by molar-refractivity contribution is -0.137. The molecular formula is C11H15NO3. The minimum atomic E-state index is -0.920. The Labute approximate surface area is 88.3 Å². The summed E-state index contributed by atoms with van der Waals surface area (Å²) in [5.41, 5.74) is 8.23. The lowest BCUT2D eigenvalue weighted by Gasteiger charge is -2.13. The predicted molar refractivity (Wildman–Crippen MR) is 56.3 cm³/mol. The molecule has 0 bridgehead atoms. The van der Waals surface area contributed by atoms with Gasteiger partial charge in [-0.1, -0.05) is 18.2 Å². The molecule has 0 aliphatic rings. The van der Waals surface area contributed by atoms with Crippen molar-refractivity contribution in [1.82, 2.24) is 0 Å². The molecule has 0 aliphatic carbocycles. The highest BCUT2D eigenvalue weighted by molar-refractivity contribution is 5.68. The van der Waals surface area contributed by atoms with Crippen molar-refractivity contribution in [3.05, 3.63) is 34.9 Å². The molecule has 1 unspecified atom stereocenters. The van der Waals surface area contributed by atoms with Crippen molar-refractivity contribution in [2.75, 3.05) is 0 Å². The molecule has 0 aromatic heterocycles. The van der Waals surface area contributed by atoms with E-state index in [4.69, 9.17) is 15.9 Å². The first kappa shape index (κ1) is 11.7. The molecule has 4 N–H and O–H groups in total. The smallest absolute Gasteiger partial charge is 0.305 e. The van der Waals surface area contributed by atoms with Crippen LogP contribution in [0.5, 0.6) is 0 Å². The summed E-state index contributed by atoms with van der Waals surface area (Å²) in [4.78, 5) is 10.5. The van der Waals surface area contributed by atoms with Crippen LogP contribution < -0.4 is 5.73 Å². The van der Waals surface area contributed by atoms with Crippen molar-refractivity contribution in [3.8, 4) is 0 Å². The Morgan fingerprint density at radius 3 is 2.73 bits per heavy atom. The quantitative estimate of drug-likeness (QED) is 0.689. The average molecular weight is 209 g/mol. The van der Waals surface area contributed by atoms with Crippen LogP contribution in [0.25, 0.3) is 0 Å². The molecule has 1 rings (SSSR count). The summed E-state index contributed by atoms with van der Waals surface area (Å²) in [6, 6.07) is 4.87. The minimum absolute atomic E-state index is 0.0624. The SMILES string of the molecule is Cc1ccc(CO)cc1C(N)CC(=O)O. The lowest BCUT2D eigenvalue weighted by atomic mass is 9.97.